The van der Waals surface area contributed by atoms with Gasteiger partial charge in [0.25, 0.3) is 0 Å². The monoisotopic (exact) mass is 259 g/mol. The highest BCUT2D eigenvalue weighted by Crippen LogP contribution is 2.13. The molecule has 0 amide bonds. The summed E-state index contributed by atoms with van der Waals surface area (Å²) in [6.07, 6.45) is 1.01. The summed E-state index contributed by atoms with van der Waals surface area (Å²) in [5.74, 6) is -1.05. The molecule has 106 valence electrons. The van der Waals surface area contributed by atoms with Crippen LogP contribution in [0.5, 0.6) is 0 Å². The smallest absolute Gasteiger partial charge is 0.371 e. The topological polar surface area (TPSA) is 74.7 Å². The van der Waals surface area contributed by atoms with E-state index in [0.717, 1.165) is 19.9 Å². The second kappa shape index (κ2) is 9.76. The van der Waals surface area contributed by atoms with Crippen LogP contribution in [0.25, 0.3) is 0 Å². The van der Waals surface area contributed by atoms with E-state index >= 15 is 0 Å². The molecule has 5 nitrogen and oxygen atoms in total. The lowest BCUT2D eigenvalue weighted by Gasteiger charge is -2.19. The molecule has 0 aliphatic rings. The predicted molar refractivity (Wildman–Crippen MR) is 70.5 cm³/mol. The van der Waals surface area contributed by atoms with Gasteiger partial charge in [0.05, 0.1) is 0 Å². The van der Waals surface area contributed by atoms with Crippen LogP contribution < -0.4 is 0 Å². The fraction of sp³-hybridized carbons (Fsp3) is 0.769. The maximum atomic E-state index is 11.2. The van der Waals surface area contributed by atoms with E-state index in [9.17, 15) is 14.4 Å². The van der Waals surface area contributed by atoms with Crippen molar-refractivity contribution in [3.63, 3.8) is 0 Å². The lowest BCUT2D eigenvalue weighted by molar-refractivity contribution is -0.148. The van der Waals surface area contributed by atoms with Crippen LogP contribution >= 0.6 is 0 Å². The number of ketones is 2. The van der Waals surface area contributed by atoms with E-state index in [2.05, 4.69) is 18.7 Å². The number of nitrogens with zero attached hydrogens (tertiary/aromatic N) is 1. The van der Waals surface area contributed by atoms with Crippen LogP contribution in [0.1, 0.15) is 34.1 Å². The number of hydrogen-bond acceptors (Lipinski definition) is 4. The van der Waals surface area contributed by atoms with E-state index in [0.29, 0.717) is 11.7 Å². The molecule has 5 heteroatoms. The Balaban J connectivity index is 0. The molecule has 0 aromatic rings. The quantitative estimate of drug-likeness (QED) is 0.731. The van der Waals surface area contributed by atoms with Gasteiger partial charge in [-0.3, -0.25) is 9.59 Å². The second-order valence-electron chi connectivity index (χ2n) is 5.06. The van der Waals surface area contributed by atoms with Gasteiger partial charge in [0.2, 0.25) is 5.78 Å². The normalized spacial score (nSPS) is 11.8. The highest BCUT2D eigenvalue weighted by atomic mass is 16.4. The van der Waals surface area contributed by atoms with E-state index in [1.54, 1.807) is 6.92 Å². The molecule has 0 rings (SSSR count). The zero-order valence-electron chi connectivity index (χ0n) is 12.2. The summed E-state index contributed by atoms with van der Waals surface area (Å²) in [6.45, 7) is 7.89. The third kappa shape index (κ3) is 12.8. The Bertz CT molecular complexity index is 263. The lowest BCUT2D eigenvalue weighted by Crippen LogP contribution is -2.27. The minimum Gasteiger partial charge on any atom is -0.476 e. The number of Topliss-reactive ketones (excluding diaryl/α,β-unsaturated/α-hetero) is 2. The molecule has 0 aromatic carbocycles. The van der Waals surface area contributed by atoms with Crippen molar-refractivity contribution in [1.29, 1.82) is 0 Å². The van der Waals surface area contributed by atoms with Crippen LogP contribution in [0, 0.1) is 11.8 Å². The zero-order chi connectivity index (χ0) is 14.9. The summed E-state index contributed by atoms with van der Waals surface area (Å²) in [7, 11) is 4.02. The van der Waals surface area contributed by atoms with E-state index in [4.69, 9.17) is 5.11 Å². The Morgan fingerprint density at radius 1 is 1.11 bits per heavy atom. The summed E-state index contributed by atoms with van der Waals surface area (Å²) >= 11 is 0. The number of hydrogen-bond donors (Lipinski definition) is 1. The van der Waals surface area contributed by atoms with Crippen molar-refractivity contribution in [3.8, 4) is 0 Å². The van der Waals surface area contributed by atoms with Gasteiger partial charge in [0, 0.05) is 19.4 Å². The number of carboxylic acids is 1. The van der Waals surface area contributed by atoms with Gasteiger partial charge in [0.15, 0.2) is 0 Å². The molecule has 1 unspecified atom stereocenters. The molecule has 0 radical (unpaired) electrons. The number of carbonyl (C=O) groups is 3. The highest BCUT2D eigenvalue weighted by Gasteiger charge is 2.16. The van der Waals surface area contributed by atoms with Gasteiger partial charge in [-0.1, -0.05) is 13.8 Å². The van der Waals surface area contributed by atoms with Crippen LogP contribution in [0.3, 0.4) is 0 Å². The summed E-state index contributed by atoms with van der Waals surface area (Å²) in [6, 6.07) is 0. The van der Waals surface area contributed by atoms with E-state index in [1.165, 1.54) is 0 Å². The van der Waals surface area contributed by atoms with Crippen molar-refractivity contribution in [2.45, 2.75) is 34.1 Å². The molecule has 0 bridgehead atoms. The van der Waals surface area contributed by atoms with E-state index < -0.39 is 11.8 Å². The van der Waals surface area contributed by atoms with Crippen LogP contribution in [-0.2, 0) is 14.4 Å². The van der Waals surface area contributed by atoms with Crippen molar-refractivity contribution >= 4 is 17.5 Å². The first-order chi connectivity index (χ1) is 8.07. The molecule has 0 saturated carbocycles. The molecule has 0 heterocycles. The largest absolute Gasteiger partial charge is 0.476 e. The first-order valence-corrected chi connectivity index (χ1v) is 5.96. The van der Waals surface area contributed by atoms with Crippen LogP contribution in [0.2, 0.25) is 0 Å². The van der Waals surface area contributed by atoms with Crippen LogP contribution in [0.15, 0.2) is 0 Å². The third-order valence-electron chi connectivity index (χ3n) is 2.22. The van der Waals surface area contributed by atoms with Gasteiger partial charge >= 0.3 is 5.97 Å². The van der Waals surface area contributed by atoms with Gasteiger partial charge < -0.3 is 10.0 Å². The molecule has 0 spiro atoms. The predicted octanol–water partition coefficient (Wildman–Crippen LogP) is 1.46. The first kappa shape index (κ1) is 19.1. The van der Waals surface area contributed by atoms with Crippen LogP contribution in [-0.4, -0.2) is 48.2 Å². The third-order valence-corrected chi connectivity index (χ3v) is 2.22. The molecule has 0 aliphatic heterocycles. The standard InChI is InChI=1S/C10H21NO.C3H4O3/c1-8(2)6-10(9(3)12)7-11(4)5;1-2(4)3(5)6/h8,10H,6-7H2,1-5H3;1H3,(H,5,6). The first-order valence-electron chi connectivity index (χ1n) is 5.96. The Morgan fingerprint density at radius 2 is 1.50 bits per heavy atom. The van der Waals surface area contributed by atoms with Gasteiger partial charge in [0.1, 0.15) is 5.78 Å². The van der Waals surface area contributed by atoms with Crippen LogP contribution in [0.4, 0.5) is 0 Å². The van der Waals surface area contributed by atoms with E-state index in [-0.39, 0.29) is 5.92 Å². The van der Waals surface area contributed by atoms with Crippen molar-refractivity contribution < 1.29 is 19.5 Å². The maximum absolute atomic E-state index is 11.2. The average molecular weight is 259 g/mol. The minimum absolute atomic E-state index is 0.222. The number of aliphatic carboxylic acids is 1. The minimum atomic E-state index is -1.38. The Morgan fingerprint density at radius 3 is 1.67 bits per heavy atom. The zero-order valence-corrected chi connectivity index (χ0v) is 12.2. The molecule has 18 heavy (non-hydrogen) atoms. The summed E-state index contributed by atoms with van der Waals surface area (Å²) < 4.78 is 0. The molecule has 0 fully saturated rings. The number of rotatable bonds is 6. The molecular weight excluding hydrogens is 234 g/mol. The van der Waals surface area contributed by atoms with Gasteiger partial charge in [-0.05, 0) is 33.4 Å². The van der Waals surface area contributed by atoms with Crippen molar-refractivity contribution in [1.82, 2.24) is 4.90 Å². The van der Waals surface area contributed by atoms with Gasteiger partial charge in [-0.15, -0.1) is 0 Å². The summed E-state index contributed by atoms with van der Waals surface area (Å²) in [5.41, 5.74) is 0. The Hall–Kier alpha value is -1.23. The maximum Gasteiger partial charge on any atom is 0.371 e. The van der Waals surface area contributed by atoms with E-state index in [1.807, 2.05) is 14.1 Å². The Labute approximate surface area is 109 Å². The summed E-state index contributed by atoms with van der Waals surface area (Å²) in [4.78, 5) is 32.2. The Kier molecular flexibility index (Phi) is 10.4. The highest BCUT2D eigenvalue weighted by molar-refractivity contribution is 6.31. The SMILES string of the molecule is CC(=O)C(=O)O.CC(=O)C(CC(C)C)CN(C)C. The molecule has 0 aliphatic carbocycles. The van der Waals surface area contributed by atoms with Crippen molar-refractivity contribution in [2.24, 2.45) is 11.8 Å². The molecule has 0 saturated heterocycles. The molecule has 1 atom stereocenters. The number of carbonyl (C=O) groups excluding carboxylic acids is 2. The van der Waals surface area contributed by atoms with Gasteiger partial charge in [-0.25, -0.2) is 4.79 Å². The lowest BCUT2D eigenvalue weighted by atomic mass is 9.93. The molecular formula is C13H25NO4. The summed E-state index contributed by atoms with van der Waals surface area (Å²) in [5, 5.41) is 7.64. The fourth-order valence-corrected chi connectivity index (χ4v) is 1.38. The average Bonchev–Trinajstić information content (AvgIpc) is 2.15. The molecule has 1 N–H and O–H groups in total. The number of carboxylic acid groups (broad SMARTS) is 1. The van der Waals surface area contributed by atoms with Crippen molar-refractivity contribution in [2.75, 3.05) is 20.6 Å². The van der Waals surface area contributed by atoms with Gasteiger partial charge in [-0.2, -0.15) is 0 Å². The fourth-order valence-electron chi connectivity index (χ4n) is 1.38. The second-order valence-corrected chi connectivity index (χ2v) is 5.06. The molecule has 0 aromatic heterocycles. The van der Waals surface area contributed by atoms with Crippen molar-refractivity contribution in [3.05, 3.63) is 0 Å².